The number of hydrogen-bond donors (Lipinski definition) is 1. The van der Waals surface area contributed by atoms with Crippen LogP contribution < -0.4 is 10.2 Å². The van der Waals surface area contributed by atoms with Crippen molar-refractivity contribution in [2.24, 2.45) is 0 Å². The summed E-state index contributed by atoms with van der Waals surface area (Å²) in [4.78, 5) is 54.4. The highest BCUT2D eigenvalue weighted by molar-refractivity contribution is 7.53. The third-order valence-electron chi connectivity index (χ3n) is 8.38. The number of nitrogens with one attached hydrogen (secondary N) is 1. The molecule has 16 heteroatoms. The van der Waals surface area contributed by atoms with Crippen molar-refractivity contribution in [3.05, 3.63) is 41.8 Å². The lowest BCUT2D eigenvalue weighted by Gasteiger charge is -2.36. The van der Waals surface area contributed by atoms with Gasteiger partial charge in [-0.25, -0.2) is 19.2 Å². The number of rotatable bonds is 16. The second-order valence-corrected chi connectivity index (χ2v) is 14.0. The molecule has 2 aliphatic heterocycles. The van der Waals surface area contributed by atoms with E-state index in [0.717, 1.165) is 19.3 Å². The number of halogens is 1. The van der Waals surface area contributed by atoms with Crippen LogP contribution in [0.25, 0.3) is 11.4 Å². The van der Waals surface area contributed by atoms with E-state index in [9.17, 15) is 23.3 Å². The lowest BCUT2D eigenvalue weighted by Crippen LogP contribution is -2.56. The van der Waals surface area contributed by atoms with Gasteiger partial charge in [0.25, 0.3) is 5.91 Å². The summed E-state index contributed by atoms with van der Waals surface area (Å²) in [6.07, 6.45) is 1.76. The van der Waals surface area contributed by atoms with Gasteiger partial charge in [-0.1, -0.05) is 25.5 Å². The molecule has 3 heterocycles. The van der Waals surface area contributed by atoms with Gasteiger partial charge in [0.2, 0.25) is 5.91 Å². The van der Waals surface area contributed by atoms with Crippen molar-refractivity contribution in [3.8, 4) is 11.4 Å². The summed E-state index contributed by atoms with van der Waals surface area (Å²) in [5.74, 6) is -1.23. The molecule has 1 aromatic carbocycles. The quantitative estimate of drug-likeness (QED) is 0.196. The highest BCUT2D eigenvalue weighted by atomic mass is 31.2. The van der Waals surface area contributed by atoms with Crippen LogP contribution in [0.15, 0.2) is 30.3 Å². The third kappa shape index (κ3) is 10.4. The summed E-state index contributed by atoms with van der Waals surface area (Å²) in [6.45, 7) is 8.08. The van der Waals surface area contributed by atoms with Gasteiger partial charge in [0, 0.05) is 52.4 Å². The van der Waals surface area contributed by atoms with Gasteiger partial charge in [0.05, 0.1) is 37.6 Å². The number of carbonyl (C=O) groups is 3. The summed E-state index contributed by atoms with van der Waals surface area (Å²) in [6, 6.07) is 6.39. The number of benzene rings is 1. The Kier molecular flexibility index (Phi) is 14.3. The molecule has 4 rings (SSSR count). The number of aromatic nitrogens is 2. The summed E-state index contributed by atoms with van der Waals surface area (Å²) >= 11 is 0. The van der Waals surface area contributed by atoms with Gasteiger partial charge in [0.15, 0.2) is 5.82 Å². The second kappa shape index (κ2) is 18.4. The minimum Gasteiger partial charge on any atom is -0.449 e. The fourth-order valence-electron chi connectivity index (χ4n) is 5.67. The summed E-state index contributed by atoms with van der Waals surface area (Å²) < 4.78 is 50.0. The number of nitrogens with zero attached hydrogens (tertiary/aromatic N) is 5. The number of anilines is 1. The van der Waals surface area contributed by atoms with Crippen LogP contribution in [0.2, 0.25) is 0 Å². The second-order valence-electron chi connectivity index (χ2n) is 11.8. The Morgan fingerprint density at radius 3 is 2.35 bits per heavy atom. The lowest BCUT2D eigenvalue weighted by molar-refractivity contribution is -0.134. The largest absolute Gasteiger partial charge is 0.449 e. The SMILES string of the molecule is CCCCOC(=O)N1CCN(C(=O)[C@H](CCP(=O)(OCC)OCC)NC(=O)c2cc(N3CC[C@H](OC)C3)nc(-c3ccccc3F)n2)CC1. The van der Waals surface area contributed by atoms with Crippen molar-refractivity contribution >= 4 is 31.3 Å². The zero-order valence-electron chi connectivity index (χ0n) is 28.8. The predicted molar refractivity (Wildman–Crippen MR) is 181 cm³/mol. The molecule has 1 aromatic heterocycles. The van der Waals surface area contributed by atoms with E-state index in [1.807, 2.05) is 11.8 Å². The molecule has 2 aromatic rings. The number of hydrogen-bond acceptors (Lipinski definition) is 11. The van der Waals surface area contributed by atoms with Crippen molar-refractivity contribution in [1.82, 2.24) is 25.1 Å². The summed E-state index contributed by atoms with van der Waals surface area (Å²) in [7, 11) is -1.94. The standard InChI is InChI=1S/C33H48FN6O8P/c1-5-8-20-46-33(43)39-18-16-38(17-19-39)32(42)27(14-21-49(44,47-6-2)48-7-3)36-31(41)28-22-29(40-15-13-24(23-40)45-4)37-30(35-28)25-11-9-10-12-26(25)34/h9-12,22,24,27H,5-8,13-21,23H2,1-4H3,(H,36,41)/t24-,27-/m0/s1. The Labute approximate surface area is 287 Å². The van der Waals surface area contributed by atoms with Crippen LogP contribution in [0.3, 0.4) is 0 Å². The lowest BCUT2D eigenvalue weighted by atomic mass is 10.1. The van der Waals surface area contributed by atoms with Gasteiger partial charge in [-0.05, 0) is 45.2 Å². The van der Waals surface area contributed by atoms with Gasteiger partial charge >= 0.3 is 13.7 Å². The molecule has 14 nitrogen and oxygen atoms in total. The Morgan fingerprint density at radius 2 is 1.71 bits per heavy atom. The van der Waals surface area contributed by atoms with E-state index in [0.29, 0.717) is 25.5 Å². The molecule has 2 fully saturated rings. The molecule has 1 N–H and O–H groups in total. The maximum absolute atomic E-state index is 14.9. The third-order valence-corrected chi connectivity index (χ3v) is 10.5. The molecular formula is C33H48FN6O8P. The molecule has 0 spiro atoms. The highest BCUT2D eigenvalue weighted by Gasteiger charge is 2.34. The van der Waals surface area contributed by atoms with Crippen LogP contribution in [0.4, 0.5) is 15.0 Å². The number of piperazine rings is 1. The molecule has 0 radical (unpaired) electrons. The molecule has 2 atom stereocenters. The minimum absolute atomic E-state index is 0.0173. The molecular weight excluding hydrogens is 658 g/mol. The molecule has 2 aliphatic rings. The van der Waals surface area contributed by atoms with E-state index in [2.05, 4.69) is 15.3 Å². The molecule has 49 heavy (non-hydrogen) atoms. The van der Waals surface area contributed by atoms with E-state index >= 15 is 0 Å². The van der Waals surface area contributed by atoms with Crippen LogP contribution in [0.1, 0.15) is 56.9 Å². The molecule has 0 bridgehead atoms. The van der Waals surface area contributed by atoms with Crippen LogP contribution in [-0.2, 0) is 27.9 Å². The first-order valence-corrected chi connectivity index (χ1v) is 18.6. The Balaban J connectivity index is 1.59. The van der Waals surface area contributed by atoms with Crippen molar-refractivity contribution in [1.29, 1.82) is 0 Å². The predicted octanol–water partition coefficient (Wildman–Crippen LogP) is 4.34. The topological polar surface area (TPSA) is 153 Å². The minimum atomic E-state index is -3.57. The normalized spacial score (nSPS) is 17.2. The van der Waals surface area contributed by atoms with Gasteiger partial charge in [-0.15, -0.1) is 0 Å². The van der Waals surface area contributed by atoms with Crippen LogP contribution >= 0.6 is 7.60 Å². The zero-order chi connectivity index (χ0) is 35.4. The molecule has 0 unspecified atom stereocenters. The van der Waals surface area contributed by atoms with E-state index in [1.54, 1.807) is 42.9 Å². The van der Waals surface area contributed by atoms with Gasteiger partial charge in [-0.2, -0.15) is 0 Å². The molecule has 270 valence electrons. The number of unbranched alkanes of at least 4 members (excludes halogenated alkanes) is 1. The van der Waals surface area contributed by atoms with Gasteiger partial charge in [0.1, 0.15) is 23.4 Å². The zero-order valence-corrected chi connectivity index (χ0v) is 29.7. The van der Waals surface area contributed by atoms with Crippen molar-refractivity contribution in [2.75, 3.05) is 77.3 Å². The average molecular weight is 707 g/mol. The number of methoxy groups -OCH3 is 1. The Hall–Kier alpha value is -3.65. The van der Waals surface area contributed by atoms with E-state index in [-0.39, 0.29) is 75.2 Å². The fraction of sp³-hybridized carbons (Fsp3) is 0.606. The van der Waals surface area contributed by atoms with Crippen LogP contribution in [0, 0.1) is 5.82 Å². The maximum atomic E-state index is 14.9. The Morgan fingerprint density at radius 1 is 1.02 bits per heavy atom. The van der Waals surface area contributed by atoms with E-state index in [1.165, 1.54) is 18.2 Å². The number of ether oxygens (including phenoxy) is 2. The number of carbonyl (C=O) groups excluding carboxylic acids is 3. The first-order valence-electron chi connectivity index (χ1n) is 16.9. The van der Waals surface area contributed by atoms with Gasteiger partial charge in [-0.3, -0.25) is 14.2 Å². The fourth-order valence-corrected chi connectivity index (χ4v) is 7.36. The molecule has 0 saturated carbocycles. The van der Waals surface area contributed by atoms with Crippen LogP contribution in [-0.4, -0.2) is 122 Å². The smallest absolute Gasteiger partial charge is 0.409 e. The molecule has 2 saturated heterocycles. The van der Waals surface area contributed by atoms with Crippen molar-refractivity contribution in [2.45, 2.75) is 58.6 Å². The van der Waals surface area contributed by atoms with Crippen LogP contribution in [0.5, 0.6) is 0 Å². The first kappa shape index (κ1) is 38.2. The highest BCUT2D eigenvalue weighted by Crippen LogP contribution is 2.48. The average Bonchev–Trinajstić information content (AvgIpc) is 3.60. The maximum Gasteiger partial charge on any atom is 0.409 e. The summed E-state index contributed by atoms with van der Waals surface area (Å²) in [5, 5.41) is 2.79. The van der Waals surface area contributed by atoms with Gasteiger partial charge < -0.3 is 38.5 Å². The molecule has 3 amide bonds. The number of amides is 3. The Bertz CT molecular complexity index is 1470. The van der Waals surface area contributed by atoms with Crippen molar-refractivity contribution < 1.29 is 41.9 Å². The van der Waals surface area contributed by atoms with E-state index in [4.69, 9.17) is 18.5 Å². The summed E-state index contributed by atoms with van der Waals surface area (Å²) in [5.41, 5.74) is 0.0494. The van der Waals surface area contributed by atoms with E-state index < -0.39 is 37.4 Å². The first-order chi connectivity index (χ1) is 23.6. The molecule has 0 aliphatic carbocycles. The van der Waals surface area contributed by atoms with Crippen molar-refractivity contribution in [3.63, 3.8) is 0 Å². The monoisotopic (exact) mass is 706 g/mol.